The van der Waals surface area contributed by atoms with Gasteiger partial charge in [0, 0.05) is 11.6 Å². The van der Waals surface area contributed by atoms with E-state index in [1.165, 1.54) is 6.07 Å². The van der Waals surface area contributed by atoms with Gasteiger partial charge in [-0.2, -0.15) is 0 Å². The Bertz CT molecular complexity index is 1440. The first-order valence-electron chi connectivity index (χ1n) is 10.5. The van der Waals surface area contributed by atoms with Crippen LogP contribution in [0.3, 0.4) is 0 Å². The lowest BCUT2D eigenvalue weighted by Gasteiger charge is -2.12. The van der Waals surface area contributed by atoms with Crippen LogP contribution >= 0.6 is 11.6 Å². The Balaban J connectivity index is 1.54. The molecule has 0 atom stereocenters. The Kier molecular flexibility index (Phi) is 6.26. The minimum absolute atomic E-state index is 0.0581. The molecule has 3 aromatic carbocycles. The van der Waals surface area contributed by atoms with Gasteiger partial charge in [-0.1, -0.05) is 23.7 Å². The zero-order valence-electron chi connectivity index (χ0n) is 19.1. The van der Waals surface area contributed by atoms with Crippen LogP contribution in [0.2, 0.25) is 5.02 Å². The van der Waals surface area contributed by atoms with E-state index in [4.69, 9.17) is 20.8 Å². The average Bonchev–Trinajstić information content (AvgIpc) is 3.18. The molecule has 34 heavy (non-hydrogen) atoms. The van der Waals surface area contributed by atoms with E-state index in [9.17, 15) is 14.9 Å². The number of ether oxygens (including phenoxy) is 1. The molecule has 0 unspecified atom stereocenters. The molecule has 9 heteroatoms. The highest BCUT2D eigenvalue weighted by Gasteiger charge is 2.20. The Morgan fingerprint density at radius 2 is 1.79 bits per heavy atom. The van der Waals surface area contributed by atoms with E-state index < -0.39 is 17.4 Å². The van der Waals surface area contributed by atoms with Crippen LogP contribution < -0.4 is 10.1 Å². The van der Waals surface area contributed by atoms with Gasteiger partial charge in [0.2, 0.25) is 11.6 Å². The Labute approximate surface area is 200 Å². The summed E-state index contributed by atoms with van der Waals surface area (Å²) in [6.45, 7) is 6.97. The van der Waals surface area contributed by atoms with Crippen molar-refractivity contribution < 1.29 is 18.9 Å². The van der Waals surface area contributed by atoms with Crippen molar-refractivity contribution in [3.05, 3.63) is 79.9 Å². The van der Waals surface area contributed by atoms with Gasteiger partial charge in [0.25, 0.3) is 5.91 Å². The van der Waals surface area contributed by atoms with E-state index in [-0.39, 0.29) is 11.4 Å². The Hall–Kier alpha value is -3.91. The highest BCUT2D eigenvalue weighted by atomic mass is 35.5. The number of aromatic nitrogens is 1. The Morgan fingerprint density at radius 3 is 2.53 bits per heavy atom. The fourth-order valence-electron chi connectivity index (χ4n) is 3.83. The summed E-state index contributed by atoms with van der Waals surface area (Å²) in [5, 5.41) is 14.4. The summed E-state index contributed by atoms with van der Waals surface area (Å²) in [4.78, 5) is 28.0. The summed E-state index contributed by atoms with van der Waals surface area (Å²) in [5.41, 5.74) is 5.60. The SMILES string of the molecule is Cc1cc(C)c(OCC(=O)Nc2cc(-c3nc4cc(C)cc(C)c4o3)ccc2Cl)c([N+](=O)[O-])c1. The lowest BCUT2D eigenvalue weighted by molar-refractivity contribution is -0.385. The number of rotatable bonds is 6. The molecule has 1 heterocycles. The minimum atomic E-state index is -0.531. The number of hydrogen-bond acceptors (Lipinski definition) is 6. The lowest BCUT2D eigenvalue weighted by atomic mass is 10.1. The lowest BCUT2D eigenvalue weighted by Crippen LogP contribution is -2.21. The topological polar surface area (TPSA) is 108 Å². The molecule has 0 aliphatic rings. The third-order valence-electron chi connectivity index (χ3n) is 5.25. The first-order valence-corrected chi connectivity index (χ1v) is 10.9. The van der Waals surface area contributed by atoms with Gasteiger partial charge < -0.3 is 14.5 Å². The summed E-state index contributed by atoms with van der Waals surface area (Å²) in [7, 11) is 0. The molecule has 1 N–H and O–H groups in total. The van der Waals surface area contributed by atoms with Crippen LogP contribution in [0, 0.1) is 37.8 Å². The quantitative estimate of drug-likeness (QED) is 0.256. The molecule has 0 saturated carbocycles. The fourth-order valence-corrected chi connectivity index (χ4v) is 4.00. The number of nitro benzene ring substituents is 1. The highest BCUT2D eigenvalue weighted by Crippen LogP contribution is 2.33. The molecule has 1 aromatic heterocycles. The van der Waals surface area contributed by atoms with Crippen LogP contribution in [0.15, 0.2) is 46.9 Å². The van der Waals surface area contributed by atoms with Gasteiger partial charge in [0.05, 0.1) is 15.6 Å². The number of nitrogens with one attached hydrogen (secondary N) is 1. The van der Waals surface area contributed by atoms with E-state index in [1.807, 2.05) is 26.0 Å². The van der Waals surface area contributed by atoms with Crippen LogP contribution in [-0.4, -0.2) is 22.4 Å². The average molecular weight is 480 g/mol. The van der Waals surface area contributed by atoms with Crippen molar-refractivity contribution in [1.29, 1.82) is 0 Å². The van der Waals surface area contributed by atoms with Crippen molar-refractivity contribution >= 4 is 40.0 Å². The second-order valence-electron chi connectivity index (χ2n) is 8.17. The number of hydrogen-bond donors (Lipinski definition) is 1. The van der Waals surface area contributed by atoms with Crippen LogP contribution in [-0.2, 0) is 4.79 Å². The number of fused-ring (bicyclic) bond motifs is 1. The van der Waals surface area contributed by atoms with Gasteiger partial charge in [-0.15, -0.1) is 0 Å². The zero-order valence-corrected chi connectivity index (χ0v) is 19.8. The summed E-state index contributed by atoms with van der Waals surface area (Å²) in [6.07, 6.45) is 0. The number of aryl methyl sites for hydroxylation is 4. The maximum Gasteiger partial charge on any atom is 0.311 e. The highest BCUT2D eigenvalue weighted by molar-refractivity contribution is 6.33. The molecule has 0 saturated heterocycles. The van der Waals surface area contributed by atoms with Gasteiger partial charge in [-0.05, 0) is 74.2 Å². The Morgan fingerprint density at radius 1 is 1.09 bits per heavy atom. The molecule has 0 spiro atoms. The van der Waals surface area contributed by atoms with Crippen molar-refractivity contribution in [3.63, 3.8) is 0 Å². The number of oxazole rings is 1. The molecule has 0 fully saturated rings. The number of carbonyl (C=O) groups excluding carboxylic acids is 1. The molecular weight excluding hydrogens is 458 g/mol. The smallest absolute Gasteiger partial charge is 0.311 e. The first-order chi connectivity index (χ1) is 16.1. The number of carbonyl (C=O) groups is 1. The van der Waals surface area contributed by atoms with E-state index in [2.05, 4.69) is 10.3 Å². The van der Waals surface area contributed by atoms with Crippen molar-refractivity contribution in [2.24, 2.45) is 0 Å². The van der Waals surface area contributed by atoms with Crippen molar-refractivity contribution in [2.45, 2.75) is 27.7 Å². The minimum Gasteiger partial charge on any atom is -0.477 e. The predicted molar refractivity (Wildman–Crippen MR) is 131 cm³/mol. The number of amides is 1. The van der Waals surface area contributed by atoms with Gasteiger partial charge in [0.1, 0.15) is 5.52 Å². The van der Waals surface area contributed by atoms with E-state index in [1.54, 1.807) is 38.1 Å². The third-order valence-corrected chi connectivity index (χ3v) is 5.58. The van der Waals surface area contributed by atoms with Gasteiger partial charge in [-0.3, -0.25) is 14.9 Å². The third kappa shape index (κ3) is 4.72. The van der Waals surface area contributed by atoms with E-state index >= 15 is 0 Å². The van der Waals surface area contributed by atoms with E-state index in [0.717, 1.165) is 22.2 Å². The monoisotopic (exact) mass is 479 g/mol. The fraction of sp³-hybridized carbons (Fsp3) is 0.200. The van der Waals surface area contributed by atoms with Crippen LogP contribution in [0.5, 0.6) is 5.75 Å². The number of halogens is 1. The number of nitrogens with zero attached hydrogens (tertiary/aromatic N) is 2. The molecule has 1 amide bonds. The molecular formula is C25H22ClN3O5. The molecule has 4 rings (SSSR count). The summed E-state index contributed by atoms with van der Waals surface area (Å²) in [5.74, 6) is -0.0573. The molecule has 174 valence electrons. The maximum absolute atomic E-state index is 12.6. The normalized spacial score (nSPS) is 11.0. The van der Waals surface area contributed by atoms with Gasteiger partial charge >= 0.3 is 5.69 Å². The molecule has 0 radical (unpaired) electrons. The van der Waals surface area contributed by atoms with E-state index in [0.29, 0.717) is 33.3 Å². The number of benzene rings is 3. The first kappa shape index (κ1) is 23.3. The van der Waals surface area contributed by atoms with Crippen molar-refractivity contribution in [3.8, 4) is 17.2 Å². The molecule has 0 aliphatic carbocycles. The van der Waals surface area contributed by atoms with Gasteiger partial charge in [0.15, 0.2) is 12.2 Å². The zero-order chi connectivity index (χ0) is 24.6. The standard InChI is InChI=1S/C25H22ClN3O5/c1-13-7-15(3)23-20(9-13)28-25(34-23)17-5-6-18(26)19(11-17)27-22(30)12-33-24-16(4)8-14(2)10-21(24)29(31)32/h5-11H,12H2,1-4H3,(H,27,30). The summed E-state index contributed by atoms with van der Waals surface area (Å²) in [6, 6.07) is 12.2. The summed E-state index contributed by atoms with van der Waals surface area (Å²) < 4.78 is 11.5. The van der Waals surface area contributed by atoms with Crippen molar-refractivity contribution in [1.82, 2.24) is 4.98 Å². The summed E-state index contributed by atoms with van der Waals surface area (Å²) >= 11 is 6.28. The molecule has 8 nitrogen and oxygen atoms in total. The molecule has 4 aromatic rings. The number of anilines is 1. The second kappa shape index (κ2) is 9.15. The largest absolute Gasteiger partial charge is 0.477 e. The second-order valence-corrected chi connectivity index (χ2v) is 8.57. The van der Waals surface area contributed by atoms with Crippen LogP contribution in [0.4, 0.5) is 11.4 Å². The van der Waals surface area contributed by atoms with Crippen LogP contribution in [0.25, 0.3) is 22.6 Å². The maximum atomic E-state index is 12.6. The number of nitro groups is 1. The molecule has 0 bridgehead atoms. The van der Waals surface area contributed by atoms with Gasteiger partial charge in [-0.25, -0.2) is 4.98 Å². The van der Waals surface area contributed by atoms with Crippen LogP contribution in [0.1, 0.15) is 22.3 Å². The molecule has 0 aliphatic heterocycles. The van der Waals surface area contributed by atoms with Crippen molar-refractivity contribution in [2.75, 3.05) is 11.9 Å². The predicted octanol–water partition coefficient (Wildman–Crippen LogP) is 6.31.